The average Bonchev–Trinajstić information content (AvgIpc) is 2.80. The molecule has 0 saturated heterocycles. The highest BCUT2D eigenvalue weighted by Gasteiger charge is 2.08. The molecule has 0 saturated carbocycles. The third-order valence-corrected chi connectivity index (χ3v) is 3.90. The van der Waals surface area contributed by atoms with Gasteiger partial charge in [-0.3, -0.25) is 4.99 Å². The fourth-order valence-corrected chi connectivity index (χ4v) is 2.78. The lowest BCUT2D eigenvalue weighted by Crippen LogP contribution is -2.14. The Morgan fingerprint density at radius 2 is 1.83 bits per heavy atom. The van der Waals surface area contributed by atoms with E-state index in [-0.39, 0.29) is 0 Å². The molecule has 0 heterocycles. The van der Waals surface area contributed by atoms with Gasteiger partial charge < -0.3 is 4.90 Å². The minimum absolute atomic E-state index is 0.668. The van der Waals surface area contributed by atoms with Gasteiger partial charge in [-0.1, -0.05) is 50.3 Å². The number of rotatable bonds is 5. The van der Waals surface area contributed by atoms with Crippen LogP contribution in [0.15, 0.2) is 58.8 Å². The average molecular weight is 345 g/mol. The molecule has 1 aliphatic rings. The minimum Gasteiger partial charge on any atom is -0.336 e. The van der Waals surface area contributed by atoms with Crippen LogP contribution in [0.5, 0.6) is 0 Å². The van der Waals surface area contributed by atoms with Gasteiger partial charge in [-0.15, -0.1) is 11.6 Å². The zero-order valence-corrected chi connectivity index (χ0v) is 16.3. The Bertz CT molecular complexity index is 622. The van der Waals surface area contributed by atoms with Crippen molar-refractivity contribution in [1.29, 1.82) is 0 Å². The van der Waals surface area contributed by atoms with Gasteiger partial charge in [-0.25, -0.2) is 0 Å². The Labute approximate surface area is 152 Å². The summed E-state index contributed by atoms with van der Waals surface area (Å²) < 4.78 is 0. The number of aryl methyl sites for hydroxylation is 1. The second-order valence-electron chi connectivity index (χ2n) is 5.51. The molecule has 130 valence electrons. The molecule has 0 spiro atoms. The number of hydrogen-bond donors (Lipinski definition) is 0. The standard InChI is InChI=1S/C19H23ClN2.C2H6/c1-15-12-18(8-9-19(13-15)22(3)14-21-2)17-6-4-16(5-7-17)10-11-20;1-2/h4-7,9,12-14H,8,10-11H2,1-3H3;1-2H3. The van der Waals surface area contributed by atoms with Crippen LogP contribution < -0.4 is 0 Å². The van der Waals surface area contributed by atoms with Crippen molar-refractivity contribution in [2.24, 2.45) is 4.99 Å². The predicted octanol–water partition coefficient (Wildman–Crippen LogP) is 5.70. The first-order valence-electron chi connectivity index (χ1n) is 8.53. The van der Waals surface area contributed by atoms with Gasteiger partial charge in [0.1, 0.15) is 0 Å². The molecular formula is C21H29ClN2. The summed E-state index contributed by atoms with van der Waals surface area (Å²) in [5, 5.41) is 0. The van der Waals surface area contributed by atoms with Crippen molar-refractivity contribution in [3.8, 4) is 0 Å². The number of hydrogen-bond acceptors (Lipinski definition) is 1. The first kappa shape index (κ1) is 20.2. The maximum absolute atomic E-state index is 5.79. The van der Waals surface area contributed by atoms with Gasteiger partial charge in [0.2, 0.25) is 0 Å². The van der Waals surface area contributed by atoms with Crippen molar-refractivity contribution in [3.63, 3.8) is 0 Å². The number of alkyl halides is 1. The van der Waals surface area contributed by atoms with Gasteiger partial charge >= 0.3 is 0 Å². The quantitative estimate of drug-likeness (QED) is 0.380. The maximum atomic E-state index is 5.79. The number of aliphatic imine (C=N–C) groups is 1. The highest BCUT2D eigenvalue weighted by atomic mass is 35.5. The molecule has 3 heteroatoms. The maximum Gasteiger partial charge on any atom is 0.0888 e. The molecule has 1 aromatic carbocycles. The van der Waals surface area contributed by atoms with Crippen LogP contribution in [-0.2, 0) is 6.42 Å². The topological polar surface area (TPSA) is 15.6 Å². The number of nitrogens with zero attached hydrogens (tertiary/aromatic N) is 2. The molecule has 0 aromatic heterocycles. The molecular weight excluding hydrogens is 316 g/mol. The first-order chi connectivity index (χ1) is 11.6. The van der Waals surface area contributed by atoms with Gasteiger partial charge in [-0.05, 0) is 48.1 Å². The smallest absolute Gasteiger partial charge is 0.0888 e. The Hall–Kier alpha value is -1.80. The van der Waals surface area contributed by atoms with Gasteiger partial charge in [-0.2, -0.15) is 0 Å². The Morgan fingerprint density at radius 1 is 1.17 bits per heavy atom. The monoisotopic (exact) mass is 344 g/mol. The SMILES string of the molecule is CC.CN=CN(C)C1=CCC(c2ccc(CCCl)cc2)=CC(C)=C1. The van der Waals surface area contributed by atoms with Crippen molar-refractivity contribution in [3.05, 3.63) is 64.9 Å². The van der Waals surface area contributed by atoms with Crippen LogP contribution in [0.3, 0.4) is 0 Å². The molecule has 0 aliphatic heterocycles. The van der Waals surface area contributed by atoms with Crippen LogP contribution in [-0.4, -0.2) is 31.2 Å². The van der Waals surface area contributed by atoms with Crippen molar-refractivity contribution in [1.82, 2.24) is 4.90 Å². The van der Waals surface area contributed by atoms with Gasteiger partial charge in [0.15, 0.2) is 0 Å². The van der Waals surface area contributed by atoms with Crippen LogP contribution in [0.4, 0.5) is 0 Å². The molecule has 0 fully saturated rings. The molecule has 0 bridgehead atoms. The summed E-state index contributed by atoms with van der Waals surface area (Å²) in [6, 6.07) is 8.72. The molecule has 1 aliphatic carbocycles. The lowest BCUT2D eigenvalue weighted by atomic mass is 9.99. The molecule has 0 atom stereocenters. The second kappa shape index (κ2) is 10.9. The van der Waals surface area contributed by atoms with E-state index in [1.54, 1.807) is 7.05 Å². The normalized spacial score (nSPS) is 14.2. The zero-order valence-electron chi connectivity index (χ0n) is 15.5. The third-order valence-electron chi connectivity index (χ3n) is 3.71. The highest BCUT2D eigenvalue weighted by Crippen LogP contribution is 2.26. The largest absolute Gasteiger partial charge is 0.336 e. The van der Waals surface area contributed by atoms with E-state index < -0.39 is 0 Å². The van der Waals surface area contributed by atoms with Crippen LogP contribution in [0.2, 0.25) is 0 Å². The summed E-state index contributed by atoms with van der Waals surface area (Å²) in [5.41, 5.74) is 6.32. The highest BCUT2D eigenvalue weighted by molar-refractivity contribution is 6.17. The Morgan fingerprint density at radius 3 is 2.42 bits per heavy atom. The zero-order chi connectivity index (χ0) is 17.9. The number of likely N-dealkylation sites (N-methyl/N-ethyl adjacent to an activating group) is 1. The van der Waals surface area contributed by atoms with Crippen molar-refractivity contribution in [2.75, 3.05) is 20.0 Å². The van der Waals surface area contributed by atoms with E-state index in [1.165, 1.54) is 28.0 Å². The van der Waals surface area contributed by atoms with Crippen LogP contribution in [0, 0.1) is 0 Å². The molecule has 0 radical (unpaired) electrons. The molecule has 24 heavy (non-hydrogen) atoms. The second-order valence-corrected chi connectivity index (χ2v) is 5.89. The van der Waals surface area contributed by atoms with Gasteiger partial charge in [0, 0.05) is 25.7 Å². The molecule has 2 rings (SSSR count). The molecule has 0 amide bonds. The molecule has 0 N–H and O–H groups in total. The fourth-order valence-electron chi connectivity index (χ4n) is 2.56. The van der Waals surface area contributed by atoms with Gasteiger partial charge in [0.25, 0.3) is 0 Å². The Kier molecular flexibility index (Phi) is 9.18. The summed E-state index contributed by atoms with van der Waals surface area (Å²) >= 11 is 5.79. The lowest BCUT2D eigenvalue weighted by Gasteiger charge is -2.14. The van der Waals surface area contributed by atoms with E-state index in [2.05, 4.69) is 54.4 Å². The number of allylic oxidation sites excluding steroid dienone is 5. The van der Waals surface area contributed by atoms with E-state index >= 15 is 0 Å². The van der Waals surface area contributed by atoms with E-state index in [4.69, 9.17) is 11.6 Å². The van der Waals surface area contributed by atoms with E-state index in [0.29, 0.717) is 5.88 Å². The van der Waals surface area contributed by atoms with E-state index in [9.17, 15) is 0 Å². The third kappa shape index (κ3) is 6.01. The van der Waals surface area contributed by atoms with Crippen LogP contribution >= 0.6 is 11.6 Å². The van der Waals surface area contributed by atoms with Crippen LogP contribution in [0.25, 0.3) is 5.57 Å². The first-order valence-corrected chi connectivity index (χ1v) is 9.07. The fraction of sp³-hybridized carbons (Fsp3) is 0.381. The summed E-state index contributed by atoms with van der Waals surface area (Å²) in [7, 11) is 3.81. The molecule has 2 nitrogen and oxygen atoms in total. The molecule has 0 unspecified atom stereocenters. The van der Waals surface area contributed by atoms with E-state index in [1.807, 2.05) is 32.1 Å². The molecule has 1 aromatic rings. The predicted molar refractivity (Wildman–Crippen MR) is 109 cm³/mol. The van der Waals surface area contributed by atoms with Crippen LogP contribution in [0.1, 0.15) is 38.3 Å². The van der Waals surface area contributed by atoms with Crippen molar-refractivity contribution < 1.29 is 0 Å². The number of halogens is 1. The summed E-state index contributed by atoms with van der Waals surface area (Å²) in [6.45, 7) is 6.14. The summed E-state index contributed by atoms with van der Waals surface area (Å²) in [5.74, 6) is 0.668. The minimum atomic E-state index is 0.668. The number of benzene rings is 1. The van der Waals surface area contributed by atoms with Crippen molar-refractivity contribution >= 4 is 23.5 Å². The Balaban J connectivity index is 0.00000139. The summed E-state index contributed by atoms with van der Waals surface area (Å²) in [4.78, 5) is 6.12. The van der Waals surface area contributed by atoms with E-state index in [0.717, 1.165) is 12.8 Å². The van der Waals surface area contributed by atoms with Gasteiger partial charge in [0.05, 0.1) is 6.34 Å². The summed E-state index contributed by atoms with van der Waals surface area (Å²) in [6.07, 6.45) is 10.4. The van der Waals surface area contributed by atoms with Crippen molar-refractivity contribution in [2.45, 2.75) is 33.6 Å². The lowest BCUT2D eigenvalue weighted by molar-refractivity contribution is 0.663.